The third-order valence-corrected chi connectivity index (χ3v) is 4.23. The third-order valence-electron chi connectivity index (χ3n) is 3.98. The van der Waals surface area contributed by atoms with Crippen LogP contribution in [0.3, 0.4) is 0 Å². The fraction of sp³-hybridized carbons (Fsp3) is 0.150. The molecule has 0 aliphatic heterocycles. The van der Waals surface area contributed by atoms with E-state index in [1.165, 1.54) is 0 Å². The van der Waals surface area contributed by atoms with Crippen LogP contribution in [0.2, 0.25) is 5.02 Å². The van der Waals surface area contributed by atoms with Gasteiger partial charge < -0.3 is 9.26 Å². The molecule has 0 radical (unpaired) electrons. The quantitative estimate of drug-likeness (QED) is 0.490. The zero-order valence-electron chi connectivity index (χ0n) is 14.4. The van der Waals surface area contributed by atoms with E-state index in [0.717, 1.165) is 22.0 Å². The molecular formula is C20H16ClN3O2. The number of rotatable bonds is 4. The molecule has 5 nitrogen and oxygen atoms in total. The summed E-state index contributed by atoms with van der Waals surface area (Å²) in [7, 11) is 0. The van der Waals surface area contributed by atoms with Gasteiger partial charge in [0.2, 0.25) is 11.7 Å². The Morgan fingerprint density at radius 2 is 1.85 bits per heavy atom. The SMILES string of the molecule is CCOc1nc2cc(C)ccc2cc1-c1noc(-c2ccc(Cl)cc2)n1. The van der Waals surface area contributed by atoms with E-state index in [2.05, 4.69) is 15.1 Å². The molecule has 2 heterocycles. The highest BCUT2D eigenvalue weighted by atomic mass is 35.5. The summed E-state index contributed by atoms with van der Waals surface area (Å²) in [5.41, 5.74) is 3.52. The zero-order valence-corrected chi connectivity index (χ0v) is 15.1. The smallest absolute Gasteiger partial charge is 0.258 e. The van der Waals surface area contributed by atoms with Crippen molar-refractivity contribution in [3.05, 3.63) is 59.1 Å². The molecule has 0 N–H and O–H groups in total. The monoisotopic (exact) mass is 365 g/mol. The minimum absolute atomic E-state index is 0.420. The fourth-order valence-corrected chi connectivity index (χ4v) is 2.83. The number of halogens is 1. The third kappa shape index (κ3) is 3.13. The van der Waals surface area contributed by atoms with E-state index in [0.29, 0.717) is 34.8 Å². The van der Waals surface area contributed by atoms with Gasteiger partial charge in [0.15, 0.2) is 0 Å². The number of aryl methyl sites for hydroxylation is 1. The predicted molar refractivity (Wildman–Crippen MR) is 101 cm³/mol. The first-order valence-corrected chi connectivity index (χ1v) is 8.66. The van der Waals surface area contributed by atoms with Crippen LogP contribution in [0.4, 0.5) is 0 Å². The second kappa shape index (κ2) is 6.77. The summed E-state index contributed by atoms with van der Waals surface area (Å²) in [4.78, 5) is 9.14. The maximum atomic E-state index is 5.93. The molecule has 0 aliphatic carbocycles. The van der Waals surface area contributed by atoms with Crippen molar-refractivity contribution in [1.82, 2.24) is 15.1 Å². The van der Waals surface area contributed by atoms with Crippen molar-refractivity contribution in [3.8, 4) is 28.7 Å². The highest BCUT2D eigenvalue weighted by Gasteiger charge is 2.17. The van der Waals surface area contributed by atoms with Gasteiger partial charge in [-0.1, -0.05) is 28.9 Å². The van der Waals surface area contributed by atoms with Crippen molar-refractivity contribution in [2.45, 2.75) is 13.8 Å². The number of benzene rings is 2. The van der Waals surface area contributed by atoms with Gasteiger partial charge in [0.25, 0.3) is 5.89 Å². The van der Waals surface area contributed by atoms with Crippen LogP contribution < -0.4 is 4.74 Å². The molecular weight excluding hydrogens is 350 g/mol. The van der Waals surface area contributed by atoms with Gasteiger partial charge in [-0.05, 0) is 55.8 Å². The highest BCUT2D eigenvalue weighted by molar-refractivity contribution is 6.30. The largest absolute Gasteiger partial charge is 0.477 e. The summed E-state index contributed by atoms with van der Waals surface area (Å²) in [6.07, 6.45) is 0. The maximum absolute atomic E-state index is 5.93. The van der Waals surface area contributed by atoms with Crippen molar-refractivity contribution in [1.29, 1.82) is 0 Å². The number of aromatic nitrogens is 3. The molecule has 0 bridgehead atoms. The van der Waals surface area contributed by atoms with Crippen molar-refractivity contribution in [2.24, 2.45) is 0 Å². The van der Waals surface area contributed by atoms with Gasteiger partial charge in [0.05, 0.1) is 17.7 Å². The molecule has 0 spiro atoms. The summed E-state index contributed by atoms with van der Waals surface area (Å²) in [6.45, 7) is 4.45. The Bertz CT molecular complexity index is 1070. The second-order valence-corrected chi connectivity index (χ2v) is 6.34. The lowest BCUT2D eigenvalue weighted by molar-refractivity contribution is 0.329. The molecule has 4 aromatic rings. The Morgan fingerprint density at radius 3 is 2.62 bits per heavy atom. The summed E-state index contributed by atoms with van der Waals surface area (Å²) in [6, 6.07) is 15.3. The normalized spacial score (nSPS) is 11.0. The van der Waals surface area contributed by atoms with E-state index >= 15 is 0 Å². The van der Waals surface area contributed by atoms with Crippen molar-refractivity contribution < 1.29 is 9.26 Å². The minimum atomic E-state index is 0.420. The first-order chi connectivity index (χ1) is 12.6. The van der Waals surface area contributed by atoms with Crippen LogP contribution in [0, 0.1) is 6.92 Å². The summed E-state index contributed by atoms with van der Waals surface area (Å²) in [5, 5.41) is 5.76. The Morgan fingerprint density at radius 1 is 1.04 bits per heavy atom. The van der Waals surface area contributed by atoms with Crippen LogP contribution in [-0.2, 0) is 0 Å². The van der Waals surface area contributed by atoms with Gasteiger partial charge in [-0.2, -0.15) is 4.98 Å². The summed E-state index contributed by atoms with van der Waals surface area (Å²) >= 11 is 5.93. The number of hydrogen-bond donors (Lipinski definition) is 0. The first-order valence-electron chi connectivity index (χ1n) is 8.28. The predicted octanol–water partition coefficient (Wildman–Crippen LogP) is 5.31. The molecule has 0 amide bonds. The number of fused-ring (bicyclic) bond motifs is 1. The van der Waals surface area contributed by atoms with Crippen LogP contribution in [0.25, 0.3) is 33.7 Å². The van der Waals surface area contributed by atoms with Gasteiger partial charge in [-0.25, -0.2) is 4.98 Å². The van der Waals surface area contributed by atoms with E-state index in [1.54, 1.807) is 12.1 Å². The van der Waals surface area contributed by atoms with E-state index in [1.807, 2.05) is 50.2 Å². The van der Waals surface area contributed by atoms with Crippen LogP contribution in [0.1, 0.15) is 12.5 Å². The Labute approximate surface area is 155 Å². The minimum Gasteiger partial charge on any atom is -0.477 e. The molecule has 0 fully saturated rings. The molecule has 130 valence electrons. The van der Waals surface area contributed by atoms with E-state index in [-0.39, 0.29) is 0 Å². The number of pyridine rings is 1. The van der Waals surface area contributed by atoms with Crippen LogP contribution >= 0.6 is 11.6 Å². The molecule has 0 atom stereocenters. The lowest BCUT2D eigenvalue weighted by Crippen LogP contribution is -1.98. The molecule has 0 saturated heterocycles. The van der Waals surface area contributed by atoms with Gasteiger partial charge in [0.1, 0.15) is 0 Å². The lowest BCUT2D eigenvalue weighted by atomic mass is 10.1. The van der Waals surface area contributed by atoms with E-state index in [9.17, 15) is 0 Å². The van der Waals surface area contributed by atoms with Crippen molar-refractivity contribution in [2.75, 3.05) is 6.61 Å². The van der Waals surface area contributed by atoms with Gasteiger partial charge in [-0.15, -0.1) is 0 Å². The molecule has 2 aromatic carbocycles. The maximum Gasteiger partial charge on any atom is 0.258 e. The Hall–Kier alpha value is -2.92. The lowest BCUT2D eigenvalue weighted by Gasteiger charge is -2.08. The van der Waals surface area contributed by atoms with Crippen LogP contribution in [0.15, 0.2) is 53.1 Å². The second-order valence-electron chi connectivity index (χ2n) is 5.90. The number of nitrogens with zero attached hydrogens (tertiary/aromatic N) is 3. The zero-order chi connectivity index (χ0) is 18.1. The molecule has 0 aliphatic rings. The fourth-order valence-electron chi connectivity index (χ4n) is 2.71. The Kier molecular flexibility index (Phi) is 4.31. The number of ether oxygens (including phenoxy) is 1. The molecule has 4 rings (SSSR count). The van der Waals surface area contributed by atoms with Crippen molar-refractivity contribution in [3.63, 3.8) is 0 Å². The average Bonchev–Trinajstić information content (AvgIpc) is 3.12. The first kappa shape index (κ1) is 16.5. The van der Waals surface area contributed by atoms with Gasteiger partial charge >= 0.3 is 0 Å². The van der Waals surface area contributed by atoms with Gasteiger partial charge in [0, 0.05) is 16.0 Å². The Balaban J connectivity index is 1.81. The standard InChI is InChI=1S/C20H16ClN3O2/c1-3-25-20-16(11-14-5-4-12(2)10-17(14)22-20)18-23-19(26-24-18)13-6-8-15(21)9-7-13/h4-11H,3H2,1-2H3. The van der Waals surface area contributed by atoms with Crippen LogP contribution in [-0.4, -0.2) is 21.7 Å². The molecule has 6 heteroatoms. The molecule has 2 aromatic heterocycles. The summed E-state index contributed by atoms with van der Waals surface area (Å²) < 4.78 is 11.1. The average molecular weight is 366 g/mol. The van der Waals surface area contributed by atoms with Crippen LogP contribution in [0.5, 0.6) is 5.88 Å². The molecule has 0 saturated carbocycles. The van der Waals surface area contributed by atoms with Crippen molar-refractivity contribution >= 4 is 22.5 Å². The van der Waals surface area contributed by atoms with E-state index in [4.69, 9.17) is 20.9 Å². The topological polar surface area (TPSA) is 61.0 Å². The summed E-state index contributed by atoms with van der Waals surface area (Å²) in [5.74, 6) is 1.35. The molecule has 0 unspecified atom stereocenters. The van der Waals surface area contributed by atoms with Gasteiger partial charge in [-0.3, -0.25) is 0 Å². The van der Waals surface area contributed by atoms with E-state index < -0.39 is 0 Å². The number of hydrogen-bond acceptors (Lipinski definition) is 5. The molecule has 26 heavy (non-hydrogen) atoms. The highest BCUT2D eigenvalue weighted by Crippen LogP contribution is 2.32.